The van der Waals surface area contributed by atoms with Crippen molar-refractivity contribution in [1.82, 2.24) is 19.6 Å². The highest BCUT2D eigenvalue weighted by molar-refractivity contribution is 5.92. The van der Waals surface area contributed by atoms with E-state index in [4.69, 9.17) is 9.47 Å². The van der Waals surface area contributed by atoms with Crippen LogP contribution in [-0.4, -0.2) is 84.6 Å². The van der Waals surface area contributed by atoms with E-state index in [0.29, 0.717) is 11.6 Å². The summed E-state index contributed by atoms with van der Waals surface area (Å²) in [5.74, 6) is 0.517. The first kappa shape index (κ1) is 15.1. The molecule has 0 bridgehead atoms. The molecule has 4 heterocycles. The van der Waals surface area contributed by atoms with Gasteiger partial charge in [0.25, 0.3) is 5.91 Å². The third-order valence-electron chi connectivity index (χ3n) is 5.49. The SMILES string of the molecule is Cn1nccc1C(=O)N1C[C@@H]2COC[C@]2(CN2CCOCC2)C1. The summed E-state index contributed by atoms with van der Waals surface area (Å²) in [5.41, 5.74) is 0.735. The molecule has 0 aliphatic carbocycles. The molecular weight excluding hydrogens is 296 g/mol. The van der Waals surface area contributed by atoms with Gasteiger partial charge in [-0.15, -0.1) is 0 Å². The van der Waals surface area contributed by atoms with Gasteiger partial charge in [0.15, 0.2) is 0 Å². The lowest BCUT2D eigenvalue weighted by atomic mass is 9.80. The maximum absolute atomic E-state index is 12.8. The molecule has 0 spiro atoms. The molecule has 1 aromatic heterocycles. The Morgan fingerprint density at radius 3 is 2.96 bits per heavy atom. The van der Waals surface area contributed by atoms with Crippen molar-refractivity contribution in [2.75, 3.05) is 59.2 Å². The van der Waals surface area contributed by atoms with Crippen molar-refractivity contribution < 1.29 is 14.3 Å². The number of rotatable bonds is 3. The monoisotopic (exact) mass is 320 g/mol. The van der Waals surface area contributed by atoms with Crippen molar-refractivity contribution in [3.8, 4) is 0 Å². The van der Waals surface area contributed by atoms with Crippen LogP contribution in [0.1, 0.15) is 10.5 Å². The summed E-state index contributed by atoms with van der Waals surface area (Å²) >= 11 is 0. The molecule has 7 nitrogen and oxygen atoms in total. The first-order valence-electron chi connectivity index (χ1n) is 8.33. The number of aryl methyl sites for hydroxylation is 1. The van der Waals surface area contributed by atoms with E-state index in [1.54, 1.807) is 16.9 Å². The smallest absolute Gasteiger partial charge is 0.272 e. The Balaban J connectivity index is 1.49. The first-order valence-corrected chi connectivity index (χ1v) is 8.33. The van der Waals surface area contributed by atoms with Crippen LogP contribution in [-0.2, 0) is 16.5 Å². The summed E-state index contributed by atoms with van der Waals surface area (Å²) in [5, 5.41) is 4.11. The first-order chi connectivity index (χ1) is 11.2. The molecule has 3 aliphatic heterocycles. The predicted molar refractivity (Wildman–Crippen MR) is 83.1 cm³/mol. The maximum Gasteiger partial charge on any atom is 0.272 e. The Hall–Kier alpha value is -1.44. The van der Waals surface area contributed by atoms with E-state index in [0.717, 1.165) is 59.2 Å². The molecule has 0 radical (unpaired) electrons. The topological polar surface area (TPSA) is 59.8 Å². The van der Waals surface area contributed by atoms with Crippen LogP contribution in [0.3, 0.4) is 0 Å². The van der Waals surface area contributed by atoms with Crippen LogP contribution in [0.15, 0.2) is 12.3 Å². The lowest BCUT2D eigenvalue weighted by molar-refractivity contribution is 0.0104. The molecule has 23 heavy (non-hydrogen) atoms. The van der Waals surface area contributed by atoms with Gasteiger partial charge in [-0.3, -0.25) is 14.4 Å². The van der Waals surface area contributed by atoms with Gasteiger partial charge in [0.05, 0.1) is 26.4 Å². The fraction of sp³-hybridized carbons (Fsp3) is 0.750. The van der Waals surface area contributed by atoms with Gasteiger partial charge < -0.3 is 14.4 Å². The number of morpholine rings is 1. The second-order valence-electron chi connectivity index (χ2n) is 6.99. The van der Waals surface area contributed by atoms with E-state index >= 15 is 0 Å². The molecule has 0 unspecified atom stereocenters. The van der Waals surface area contributed by atoms with Crippen LogP contribution >= 0.6 is 0 Å². The molecule has 126 valence electrons. The van der Waals surface area contributed by atoms with Crippen LogP contribution in [0.2, 0.25) is 0 Å². The molecule has 1 aromatic rings. The third-order valence-corrected chi connectivity index (χ3v) is 5.49. The van der Waals surface area contributed by atoms with Gasteiger partial charge in [-0.25, -0.2) is 0 Å². The Kier molecular flexibility index (Phi) is 3.87. The van der Waals surface area contributed by atoms with Crippen LogP contribution in [0.4, 0.5) is 0 Å². The highest BCUT2D eigenvalue weighted by Gasteiger charge is 2.52. The van der Waals surface area contributed by atoms with Gasteiger partial charge >= 0.3 is 0 Å². The quantitative estimate of drug-likeness (QED) is 0.775. The van der Waals surface area contributed by atoms with E-state index in [2.05, 4.69) is 10.00 Å². The minimum atomic E-state index is 0.0750. The van der Waals surface area contributed by atoms with Crippen molar-refractivity contribution in [3.63, 3.8) is 0 Å². The number of nitrogens with zero attached hydrogens (tertiary/aromatic N) is 4. The predicted octanol–water partition coefficient (Wildman–Crippen LogP) is -0.159. The molecule has 0 saturated carbocycles. The zero-order valence-corrected chi connectivity index (χ0v) is 13.6. The van der Waals surface area contributed by atoms with Gasteiger partial charge in [0.1, 0.15) is 5.69 Å². The Bertz CT molecular complexity index is 584. The molecule has 2 atom stereocenters. The molecule has 4 rings (SSSR count). The number of likely N-dealkylation sites (tertiary alicyclic amines) is 1. The molecule has 0 aromatic carbocycles. The van der Waals surface area contributed by atoms with E-state index < -0.39 is 0 Å². The van der Waals surface area contributed by atoms with Gasteiger partial charge in [0, 0.05) is 57.3 Å². The Morgan fingerprint density at radius 1 is 1.39 bits per heavy atom. The normalized spacial score (nSPS) is 31.5. The number of amides is 1. The van der Waals surface area contributed by atoms with E-state index in [1.165, 1.54) is 0 Å². The molecule has 1 amide bonds. The van der Waals surface area contributed by atoms with Gasteiger partial charge in [-0.05, 0) is 6.07 Å². The summed E-state index contributed by atoms with van der Waals surface area (Å²) < 4.78 is 12.9. The van der Waals surface area contributed by atoms with E-state index in [-0.39, 0.29) is 11.3 Å². The second kappa shape index (κ2) is 5.89. The molecular formula is C16H24N4O3. The summed E-state index contributed by atoms with van der Waals surface area (Å²) in [6.07, 6.45) is 1.68. The highest BCUT2D eigenvalue weighted by Crippen LogP contribution is 2.42. The van der Waals surface area contributed by atoms with Crippen molar-refractivity contribution >= 4 is 5.91 Å². The Labute approximate surface area is 136 Å². The number of hydrogen-bond donors (Lipinski definition) is 0. The molecule has 3 aliphatic rings. The fourth-order valence-corrected chi connectivity index (χ4v) is 4.16. The Morgan fingerprint density at radius 2 is 2.22 bits per heavy atom. The van der Waals surface area contributed by atoms with Crippen molar-refractivity contribution in [1.29, 1.82) is 0 Å². The summed E-state index contributed by atoms with van der Waals surface area (Å²) in [6.45, 7) is 7.64. The number of aromatic nitrogens is 2. The highest BCUT2D eigenvalue weighted by atomic mass is 16.5. The summed E-state index contributed by atoms with van der Waals surface area (Å²) in [7, 11) is 1.82. The lowest BCUT2D eigenvalue weighted by Gasteiger charge is -2.36. The molecule has 7 heteroatoms. The largest absolute Gasteiger partial charge is 0.380 e. The number of fused-ring (bicyclic) bond motifs is 1. The maximum atomic E-state index is 12.8. The number of carbonyl (C=O) groups excluding carboxylic acids is 1. The van der Waals surface area contributed by atoms with Crippen LogP contribution in [0.25, 0.3) is 0 Å². The van der Waals surface area contributed by atoms with Crippen LogP contribution in [0.5, 0.6) is 0 Å². The standard InChI is InChI=1S/C16H24N4O3/c1-18-14(2-3-17-18)15(21)20-8-13-9-23-12-16(13,11-20)10-19-4-6-22-7-5-19/h2-3,13H,4-12H2,1H3/t13-,16+/m1/s1. The van der Waals surface area contributed by atoms with Crippen LogP contribution in [0, 0.1) is 11.3 Å². The minimum Gasteiger partial charge on any atom is -0.380 e. The summed E-state index contributed by atoms with van der Waals surface area (Å²) in [4.78, 5) is 17.2. The second-order valence-corrected chi connectivity index (χ2v) is 6.99. The number of hydrogen-bond acceptors (Lipinski definition) is 5. The van der Waals surface area contributed by atoms with Gasteiger partial charge in [-0.1, -0.05) is 0 Å². The van der Waals surface area contributed by atoms with Gasteiger partial charge in [-0.2, -0.15) is 5.10 Å². The number of carbonyl (C=O) groups is 1. The molecule has 3 saturated heterocycles. The van der Waals surface area contributed by atoms with E-state index in [1.807, 2.05) is 11.9 Å². The number of ether oxygens (including phenoxy) is 2. The molecule has 3 fully saturated rings. The van der Waals surface area contributed by atoms with Crippen molar-refractivity contribution in [3.05, 3.63) is 18.0 Å². The lowest BCUT2D eigenvalue weighted by Crippen LogP contribution is -2.47. The zero-order chi connectivity index (χ0) is 15.9. The minimum absolute atomic E-state index is 0.0750. The van der Waals surface area contributed by atoms with Gasteiger partial charge in [0.2, 0.25) is 0 Å². The average Bonchev–Trinajstić information content (AvgIpc) is 3.21. The van der Waals surface area contributed by atoms with Crippen molar-refractivity contribution in [2.24, 2.45) is 18.4 Å². The average molecular weight is 320 g/mol. The zero-order valence-electron chi connectivity index (χ0n) is 13.6. The third kappa shape index (κ3) is 2.66. The van der Waals surface area contributed by atoms with E-state index in [9.17, 15) is 4.79 Å². The molecule has 0 N–H and O–H groups in total. The van der Waals surface area contributed by atoms with Crippen LogP contribution < -0.4 is 0 Å². The summed E-state index contributed by atoms with van der Waals surface area (Å²) in [6, 6.07) is 1.79. The van der Waals surface area contributed by atoms with Crippen molar-refractivity contribution in [2.45, 2.75) is 0 Å². The fourth-order valence-electron chi connectivity index (χ4n) is 4.16.